The number of nitrogens with one attached hydrogen (secondary N) is 1. The number of hydrogen-bond acceptors (Lipinski definition) is 2. The summed E-state index contributed by atoms with van der Waals surface area (Å²) in [5, 5.41) is 18.5. The number of benzene rings is 1. The van der Waals surface area contributed by atoms with E-state index in [-0.39, 0.29) is 11.6 Å². The van der Waals surface area contributed by atoms with Gasteiger partial charge in [0.25, 0.3) is 0 Å². The van der Waals surface area contributed by atoms with Crippen molar-refractivity contribution >= 4 is 0 Å². The van der Waals surface area contributed by atoms with Crippen LogP contribution in [0.5, 0.6) is 11.6 Å². The third-order valence-electron chi connectivity index (χ3n) is 1.85. The maximum absolute atomic E-state index is 9.39. The minimum Gasteiger partial charge on any atom is -0.506 e. The summed E-state index contributed by atoms with van der Waals surface area (Å²) in [4.78, 5) is 2.67. The molecule has 2 rings (SSSR count). The number of hydrogen-bond donors (Lipinski definition) is 3. The van der Waals surface area contributed by atoms with Gasteiger partial charge < -0.3 is 15.2 Å². The molecule has 13 heavy (non-hydrogen) atoms. The molecule has 3 nitrogen and oxygen atoms in total. The normalized spacial score (nSPS) is 10.2. The fourth-order valence-electron chi connectivity index (χ4n) is 1.25. The van der Waals surface area contributed by atoms with Gasteiger partial charge in [-0.05, 0) is 0 Å². The Labute approximate surface area is 75.3 Å². The molecule has 1 heterocycles. The van der Waals surface area contributed by atoms with Crippen molar-refractivity contribution in [2.24, 2.45) is 0 Å². The van der Waals surface area contributed by atoms with Gasteiger partial charge in [0.1, 0.15) is 5.75 Å². The van der Waals surface area contributed by atoms with Gasteiger partial charge in [0.05, 0.1) is 5.69 Å². The first-order valence-electron chi connectivity index (χ1n) is 3.94. The summed E-state index contributed by atoms with van der Waals surface area (Å²) in [7, 11) is 0. The van der Waals surface area contributed by atoms with Gasteiger partial charge in [-0.1, -0.05) is 30.3 Å². The van der Waals surface area contributed by atoms with E-state index in [9.17, 15) is 5.11 Å². The Balaban J connectivity index is 2.53. The van der Waals surface area contributed by atoms with Crippen LogP contribution in [-0.4, -0.2) is 15.2 Å². The summed E-state index contributed by atoms with van der Waals surface area (Å²) in [6.07, 6.45) is 0. The Kier molecular flexibility index (Phi) is 1.70. The highest BCUT2D eigenvalue weighted by molar-refractivity contribution is 5.67. The first kappa shape index (κ1) is 7.73. The molecule has 2 aromatic rings. The maximum Gasteiger partial charge on any atom is 0.192 e. The zero-order valence-corrected chi connectivity index (χ0v) is 6.86. The second-order valence-corrected chi connectivity index (χ2v) is 2.78. The fourth-order valence-corrected chi connectivity index (χ4v) is 1.25. The van der Waals surface area contributed by atoms with Crippen LogP contribution >= 0.6 is 0 Å². The minimum atomic E-state index is -0.0312. The van der Waals surface area contributed by atoms with Gasteiger partial charge in [0.15, 0.2) is 5.88 Å². The van der Waals surface area contributed by atoms with E-state index in [2.05, 4.69) is 4.98 Å². The summed E-state index contributed by atoms with van der Waals surface area (Å²) in [5.41, 5.74) is 1.39. The van der Waals surface area contributed by atoms with Crippen molar-refractivity contribution in [3.8, 4) is 22.9 Å². The maximum atomic E-state index is 9.39. The lowest BCUT2D eigenvalue weighted by atomic mass is 10.1. The predicted molar refractivity (Wildman–Crippen MR) is 49.6 cm³/mol. The Morgan fingerprint density at radius 2 is 1.69 bits per heavy atom. The lowest BCUT2D eigenvalue weighted by molar-refractivity contribution is 0.452. The number of rotatable bonds is 1. The molecule has 0 aliphatic carbocycles. The summed E-state index contributed by atoms with van der Waals surface area (Å²) < 4.78 is 0. The molecule has 0 aliphatic rings. The Morgan fingerprint density at radius 1 is 1.00 bits per heavy atom. The van der Waals surface area contributed by atoms with Gasteiger partial charge in [0.2, 0.25) is 0 Å². The molecule has 0 bridgehead atoms. The van der Waals surface area contributed by atoms with E-state index >= 15 is 0 Å². The van der Waals surface area contributed by atoms with Crippen molar-refractivity contribution in [1.82, 2.24) is 4.98 Å². The quantitative estimate of drug-likeness (QED) is 0.621. The molecule has 0 unspecified atom stereocenters. The summed E-state index contributed by atoms with van der Waals surface area (Å²) >= 11 is 0. The van der Waals surface area contributed by atoms with Crippen LogP contribution in [0.15, 0.2) is 36.4 Å². The third-order valence-corrected chi connectivity index (χ3v) is 1.85. The predicted octanol–water partition coefficient (Wildman–Crippen LogP) is 2.09. The fraction of sp³-hybridized carbons (Fsp3) is 0. The summed E-state index contributed by atoms with van der Waals surface area (Å²) in [6.45, 7) is 0. The lowest BCUT2D eigenvalue weighted by Crippen LogP contribution is -1.75. The van der Waals surface area contributed by atoms with E-state index in [0.29, 0.717) is 5.69 Å². The van der Waals surface area contributed by atoms with Crippen molar-refractivity contribution in [2.75, 3.05) is 0 Å². The van der Waals surface area contributed by atoms with Gasteiger partial charge in [0, 0.05) is 11.6 Å². The molecule has 0 fully saturated rings. The van der Waals surface area contributed by atoms with E-state index in [1.807, 2.05) is 30.3 Å². The molecular formula is C10H9NO2. The highest BCUT2D eigenvalue weighted by atomic mass is 16.3. The largest absolute Gasteiger partial charge is 0.506 e. The minimum absolute atomic E-state index is 0.0312. The molecule has 0 aliphatic heterocycles. The second-order valence-electron chi connectivity index (χ2n) is 2.78. The SMILES string of the molecule is Oc1cc(O)c(-c2ccccc2)[nH]1. The van der Waals surface area contributed by atoms with Crippen LogP contribution in [0.25, 0.3) is 11.3 Å². The third kappa shape index (κ3) is 1.36. The standard InChI is InChI=1S/C10H9NO2/c12-8-6-9(13)11-10(8)7-4-2-1-3-5-7/h1-6,11-13H. The van der Waals surface area contributed by atoms with Crippen LogP contribution < -0.4 is 0 Å². The van der Waals surface area contributed by atoms with E-state index < -0.39 is 0 Å². The highest BCUT2D eigenvalue weighted by Crippen LogP contribution is 2.31. The lowest BCUT2D eigenvalue weighted by Gasteiger charge is -1.97. The van der Waals surface area contributed by atoms with Crippen LogP contribution in [0, 0.1) is 0 Å². The zero-order chi connectivity index (χ0) is 9.26. The van der Waals surface area contributed by atoms with Crippen molar-refractivity contribution in [3.63, 3.8) is 0 Å². The van der Waals surface area contributed by atoms with Crippen molar-refractivity contribution in [1.29, 1.82) is 0 Å². The highest BCUT2D eigenvalue weighted by Gasteiger charge is 2.07. The molecule has 66 valence electrons. The molecule has 0 spiro atoms. The molecule has 0 saturated carbocycles. The van der Waals surface area contributed by atoms with Crippen LogP contribution in [0.3, 0.4) is 0 Å². The first-order chi connectivity index (χ1) is 6.27. The molecular weight excluding hydrogens is 166 g/mol. The second kappa shape index (κ2) is 2.86. The molecule has 0 atom stereocenters. The molecule has 1 aromatic heterocycles. The van der Waals surface area contributed by atoms with E-state index in [0.717, 1.165) is 5.56 Å². The Hall–Kier alpha value is -1.90. The van der Waals surface area contributed by atoms with E-state index in [1.54, 1.807) is 0 Å². The number of aromatic nitrogens is 1. The molecule has 0 saturated heterocycles. The van der Waals surface area contributed by atoms with Gasteiger partial charge in [-0.3, -0.25) is 0 Å². The van der Waals surface area contributed by atoms with Crippen LogP contribution in [0.1, 0.15) is 0 Å². The van der Waals surface area contributed by atoms with E-state index in [4.69, 9.17) is 5.11 Å². The molecule has 0 radical (unpaired) electrons. The van der Waals surface area contributed by atoms with Gasteiger partial charge in [-0.15, -0.1) is 0 Å². The first-order valence-corrected chi connectivity index (χ1v) is 3.94. The van der Waals surface area contributed by atoms with Crippen LogP contribution in [-0.2, 0) is 0 Å². The number of H-pyrrole nitrogens is 1. The van der Waals surface area contributed by atoms with Crippen LogP contribution in [0.2, 0.25) is 0 Å². The number of aromatic hydroxyl groups is 2. The van der Waals surface area contributed by atoms with Gasteiger partial charge in [-0.2, -0.15) is 0 Å². The van der Waals surface area contributed by atoms with Crippen molar-refractivity contribution in [2.45, 2.75) is 0 Å². The monoisotopic (exact) mass is 175 g/mol. The summed E-state index contributed by atoms with van der Waals surface area (Å²) in [6, 6.07) is 10.6. The summed E-state index contributed by atoms with van der Waals surface area (Å²) in [5.74, 6) is 0.0278. The Bertz CT molecular complexity index is 406. The number of aromatic amines is 1. The average Bonchev–Trinajstić information content (AvgIpc) is 2.47. The zero-order valence-electron chi connectivity index (χ0n) is 6.86. The average molecular weight is 175 g/mol. The van der Waals surface area contributed by atoms with Crippen LogP contribution in [0.4, 0.5) is 0 Å². The smallest absolute Gasteiger partial charge is 0.192 e. The van der Waals surface area contributed by atoms with E-state index in [1.165, 1.54) is 6.07 Å². The van der Waals surface area contributed by atoms with Gasteiger partial charge >= 0.3 is 0 Å². The Morgan fingerprint density at radius 3 is 2.23 bits per heavy atom. The molecule has 3 N–H and O–H groups in total. The molecule has 0 amide bonds. The molecule has 3 heteroatoms. The topological polar surface area (TPSA) is 56.2 Å². The van der Waals surface area contributed by atoms with Crippen molar-refractivity contribution < 1.29 is 10.2 Å². The van der Waals surface area contributed by atoms with Crippen molar-refractivity contribution in [3.05, 3.63) is 36.4 Å². The van der Waals surface area contributed by atoms with Gasteiger partial charge in [-0.25, -0.2) is 0 Å². The molecule has 1 aromatic carbocycles.